The molecule has 1 aliphatic heterocycles. The van der Waals surface area contributed by atoms with Crippen LogP contribution < -0.4 is 5.73 Å². The van der Waals surface area contributed by atoms with Crippen LogP contribution in [0.3, 0.4) is 0 Å². The molecule has 2 N–H and O–H groups in total. The van der Waals surface area contributed by atoms with Gasteiger partial charge < -0.3 is 15.2 Å². The molecule has 32 heavy (non-hydrogen) atoms. The third kappa shape index (κ3) is 2.77. The van der Waals surface area contributed by atoms with Crippen LogP contribution in [0, 0.1) is 62.6 Å². The van der Waals surface area contributed by atoms with Gasteiger partial charge in [0.2, 0.25) is 5.82 Å². The molecule has 1 saturated carbocycles. The molecule has 2 aliphatic rings. The fraction of sp³-hybridized carbons (Fsp3) is 0.571. The number of aliphatic imine (C=N–C) groups is 1. The number of unbranched alkanes of at least 4 members (excludes halogenated alkanes) is 2. The maximum absolute atomic E-state index is 14.7. The summed E-state index contributed by atoms with van der Waals surface area (Å²) in [4.78, 5) is 4.08. The molecule has 1 aliphatic carbocycles. The molecule has 1 aromatic rings. The van der Waals surface area contributed by atoms with Crippen LogP contribution >= 0.6 is 0 Å². The van der Waals surface area contributed by atoms with Gasteiger partial charge in [0.05, 0.1) is 25.4 Å². The molecule has 1 fully saturated rings. The van der Waals surface area contributed by atoms with Crippen molar-refractivity contribution in [3.8, 4) is 12.1 Å². The number of rotatable bonds is 9. The van der Waals surface area contributed by atoms with Crippen LogP contribution in [-0.4, -0.2) is 25.0 Å². The van der Waals surface area contributed by atoms with E-state index in [2.05, 4.69) is 4.99 Å². The minimum absolute atomic E-state index is 0.00579. The predicted molar refractivity (Wildman–Crippen MR) is 101 cm³/mol. The molecule has 0 amide bonds. The first-order valence-electron chi connectivity index (χ1n) is 10.1. The van der Waals surface area contributed by atoms with Gasteiger partial charge in [0.1, 0.15) is 11.3 Å². The van der Waals surface area contributed by atoms with Crippen molar-refractivity contribution in [2.24, 2.45) is 21.6 Å². The van der Waals surface area contributed by atoms with Crippen LogP contribution in [0.15, 0.2) is 4.99 Å². The summed E-state index contributed by atoms with van der Waals surface area (Å²) < 4.78 is 82.5. The van der Waals surface area contributed by atoms with Gasteiger partial charge in [0, 0.05) is 11.5 Å². The zero-order valence-electron chi connectivity index (χ0n) is 17.4. The maximum Gasteiger partial charge on any atom is 0.293 e. The van der Waals surface area contributed by atoms with E-state index >= 15 is 0 Å². The SMILES string of the molecule is CCCCOC1(OCCCC)N=C(N)C2(C#N)C(c3c(F)c(F)c(F)c(F)c3F)C12C#N. The fourth-order valence-corrected chi connectivity index (χ4v) is 4.38. The average Bonchev–Trinajstić information content (AvgIpc) is 3.34. The summed E-state index contributed by atoms with van der Waals surface area (Å²) in [6.45, 7) is 3.70. The number of nitriles is 2. The smallest absolute Gasteiger partial charge is 0.293 e. The van der Waals surface area contributed by atoms with Crippen LogP contribution in [0.4, 0.5) is 22.0 Å². The van der Waals surface area contributed by atoms with Gasteiger partial charge in [-0.15, -0.1) is 0 Å². The van der Waals surface area contributed by atoms with Gasteiger partial charge in [0.15, 0.2) is 28.7 Å². The minimum Gasteiger partial charge on any atom is -0.386 e. The molecule has 0 bridgehead atoms. The highest BCUT2D eigenvalue weighted by atomic mass is 19.2. The van der Waals surface area contributed by atoms with Gasteiger partial charge in [-0.05, 0) is 12.8 Å². The topological polar surface area (TPSA) is 104 Å². The maximum atomic E-state index is 14.7. The van der Waals surface area contributed by atoms with Crippen molar-refractivity contribution in [1.29, 1.82) is 10.5 Å². The van der Waals surface area contributed by atoms with Crippen LogP contribution in [0.2, 0.25) is 0 Å². The van der Waals surface area contributed by atoms with E-state index in [0.29, 0.717) is 25.7 Å². The van der Waals surface area contributed by atoms with E-state index in [4.69, 9.17) is 15.2 Å². The Hall–Kier alpha value is -2.76. The van der Waals surface area contributed by atoms with Gasteiger partial charge in [-0.3, -0.25) is 0 Å². The summed E-state index contributed by atoms with van der Waals surface area (Å²) in [5.74, 6) is -15.6. The van der Waals surface area contributed by atoms with E-state index in [0.717, 1.165) is 0 Å². The molecule has 0 radical (unpaired) electrons. The number of amidine groups is 1. The van der Waals surface area contributed by atoms with Crippen LogP contribution in [0.25, 0.3) is 0 Å². The molecular formula is C21H21F5N4O2. The molecule has 6 nitrogen and oxygen atoms in total. The Bertz CT molecular complexity index is 1010. The summed E-state index contributed by atoms with van der Waals surface area (Å²) in [6, 6.07) is 3.54. The van der Waals surface area contributed by atoms with Crippen LogP contribution in [-0.2, 0) is 9.47 Å². The molecule has 0 aromatic heterocycles. The fourth-order valence-electron chi connectivity index (χ4n) is 4.38. The lowest BCUT2D eigenvalue weighted by Crippen LogP contribution is -2.44. The van der Waals surface area contributed by atoms with Crippen molar-refractivity contribution in [2.45, 2.75) is 51.4 Å². The third-order valence-corrected chi connectivity index (χ3v) is 6.05. The summed E-state index contributed by atoms with van der Waals surface area (Å²) in [6.07, 6.45) is 2.33. The Labute approximate surface area is 181 Å². The van der Waals surface area contributed by atoms with Crippen LogP contribution in [0.5, 0.6) is 0 Å². The molecular weight excluding hydrogens is 435 g/mol. The highest BCUT2D eigenvalue weighted by Gasteiger charge is 2.94. The first-order chi connectivity index (χ1) is 15.2. The summed E-state index contributed by atoms with van der Waals surface area (Å²) in [7, 11) is 0. The number of fused-ring (bicyclic) bond motifs is 1. The lowest BCUT2D eigenvalue weighted by Gasteiger charge is -2.32. The molecule has 3 rings (SSSR count). The Kier molecular flexibility index (Phi) is 6.20. The van der Waals surface area contributed by atoms with Gasteiger partial charge >= 0.3 is 0 Å². The zero-order chi connectivity index (χ0) is 23.9. The van der Waals surface area contributed by atoms with E-state index in [-0.39, 0.29) is 13.2 Å². The number of nitrogens with two attached hydrogens (primary N) is 1. The van der Waals surface area contributed by atoms with Gasteiger partial charge in [-0.25, -0.2) is 26.9 Å². The second kappa shape index (κ2) is 8.30. The average molecular weight is 456 g/mol. The van der Waals surface area contributed by atoms with Crippen molar-refractivity contribution in [1.82, 2.24) is 0 Å². The van der Waals surface area contributed by atoms with Crippen molar-refractivity contribution in [3.05, 3.63) is 34.6 Å². The number of nitrogens with zero attached hydrogens (tertiary/aromatic N) is 3. The van der Waals surface area contributed by atoms with Crippen molar-refractivity contribution in [2.75, 3.05) is 13.2 Å². The van der Waals surface area contributed by atoms with E-state index in [1.807, 2.05) is 13.8 Å². The van der Waals surface area contributed by atoms with Crippen LogP contribution in [0.1, 0.15) is 51.0 Å². The monoisotopic (exact) mass is 456 g/mol. The zero-order valence-corrected chi connectivity index (χ0v) is 17.4. The first kappa shape index (κ1) is 23.9. The molecule has 11 heteroatoms. The quantitative estimate of drug-likeness (QED) is 0.198. The lowest BCUT2D eigenvalue weighted by molar-refractivity contribution is -0.260. The number of benzene rings is 1. The third-order valence-electron chi connectivity index (χ3n) is 6.05. The van der Waals surface area contributed by atoms with Crippen molar-refractivity contribution in [3.63, 3.8) is 0 Å². The summed E-state index contributed by atoms with van der Waals surface area (Å²) >= 11 is 0. The minimum atomic E-state index is -2.35. The van der Waals surface area contributed by atoms with Crippen molar-refractivity contribution >= 4 is 5.84 Å². The molecule has 0 saturated heterocycles. The van der Waals surface area contributed by atoms with Gasteiger partial charge in [-0.2, -0.15) is 10.5 Å². The molecule has 0 spiro atoms. The molecule has 3 unspecified atom stereocenters. The second-order valence-corrected chi connectivity index (χ2v) is 7.74. The standard InChI is InChI=1S/C21H21F5N4O2/c1-3-5-7-31-21(32-8-6-4-2)20(10-28)17(19(20,9-27)18(29)30-21)11-12(22)14(24)16(26)15(25)13(11)23/h17H,3-8H2,1-2H3,(H2,29,30). The van der Waals surface area contributed by atoms with Gasteiger partial charge in [-0.1, -0.05) is 26.7 Å². The Morgan fingerprint density at radius 2 is 1.34 bits per heavy atom. The Morgan fingerprint density at radius 1 is 0.875 bits per heavy atom. The number of halogens is 5. The molecule has 3 atom stereocenters. The van der Waals surface area contributed by atoms with E-state index in [1.165, 1.54) is 0 Å². The number of hydrogen-bond acceptors (Lipinski definition) is 6. The number of ether oxygens (including phenoxy) is 2. The largest absolute Gasteiger partial charge is 0.386 e. The summed E-state index contributed by atoms with van der Waals surface area (Å²) in [5, 5.41) is 20.1. The first-order valence-corrected chi connectivity index (χ1v) is 10.1. The highest BCUT2D eigenvalue weighted by Crippen LogP contribution is 2.82. The van der Waals surface area contributed by atoms with E-state index in [9.17, 15) is 32.5 Å². The van der Waals surface area contributed by atoms with Gasteiger partial charge in [0.25, 0.3) is 5.91 Å². The molecule has 1 aromatic carbocycles. The second-order valence-electron chi connectivity index (χ2n) is 7.74. The number of hydrogen-bond donors (Lipinski definition) is 1. The normalized spacial score (nSPS) is 27.4. The van der Waals surface area contributed by atoms with E-state index < -0.39 is 63.1 Å². The lowest BCUT2D eigenvalue weighted by atomic mass is 9.93. The molecule has 1 heterocycles. The Balaban J connectivity index is 2.25. The summed E-state index contributed by atoms with van der Waals surface area (Å²) in [5.41, 5.74) is 0.192. The highest BCUT2D eigenvalue weighted by molar-refractivity contribution is 6.00. The predicted octanol–water partition coefficient (Wildman–Crippen LogP) is 4.16. The Morgan fingerprint density at radius 3 is 1.75 bits per heavy atom. The van der Waals surface area contributed by atoms with Crippen molar-refractivity contribution < 1.29 is 31.4 Å². The van der Waals surface area contributed by atoms with E-state index in [1.54, 1.807) is 12.1 Å². The molecule has 172 valence electrons.